The van der Waals surface area contributed by atoms with Crippen LogP contribution in [0.4, 0.5) is 0 Å². The number of benzene rings is 1. The highest BCUT2D eigenvalue weighted by atomic mass is 16.7. The normalized spacial score (nSPS) is 18.1. The molecule has 7 heteroatoms. The molecule has 0 spiro atoms. The summed E-state index contributed by atoms with van der Waals surface area (Å²) >= 11 is 0. The minimum absolute atomic E-state index is 0.194. The minimum atomic E-state index is 0.194. The van der Waals surface area contributed by atoms with E-state index in [1.807, 2.05) is 31.3 Å². The number of rotatable bonds is 7. The van der Waals surface area contributed by atoms with Crippen molar-refractivity contribution in [1.29, 1.82) is 0 Å². The maximum Gasteiger partial charge on any atom is 0.231 e. The summed E-state index contributed by atoms with van der Waals surface area (Å²) < 4.78 is 22.6. The molecule has 0 saturated carbocycles. The van der Waals surface area contributed by atoms with Crippen LogP contribution in [-0.2, 0) is 13.0 Å². The Labute approximate surface area is 188 Å². The molecule has 3 aromatic rings. The molecule has 2 aliphatic heterocycles. The standard InChI is InChI=1S/C25H29N3O4/c1-17-21(15-28-12-6-4-8-20(28)10-9-19-7-3-5-11-26-19)27-25(32-17)18-13-22(29-2)24-23(14-18)30-16-31-24/h3,5,7,11,13-14,20H,4,6,8-10,12,15-16H2,1-2H3. The van der Waals surface area contributed by atoms with Crippen LogP contribution in [0.15, 0.2) is 40.9 Å². The van der Waals surface area contributed by atoms with Crippen molar-refractivity contribution in [2.24, 2.45) is 0 Å². The van der Waals surface area contributed by atoms with Crippen molar-refractivity contribution in [3.8, 4) is 28.7 Å². The molecule has 32 heavy (non-hydrogen) atoms. The van der Waals surface area contributed by atoms with Crippen LogP contribution < -0.4 is 14.2 Å². The second-order valence-corrected chi connectivity index (χ2v) is 8.41. The molecule has 168 valence electrons. The van der Waals surface area contributed by atoms with E-state index in [1.165, 1.54) is 19.3 Å². The van der Waals surface area contributed by atoms with Gasteiger partial charge < -0.3 is 18.6 Å². The first kappa shape index (κ1) is 20.8. The fraction of sp³-hybridized carbons (Fsp3) is 0.440. The predicted molar refractivity (Wildman–Crippen MR) is 120 cm³/mol. The Morgan fingerprint density at radius 2 is 2.12 bits per heavy atom. The lowest BCUT2D eigenvalue weighted by Gasteiger charge is -2.35. The molecule has 1 fully saturated rings. The smallest absolute Gasteiger partial charge is 0.231 e. The molecule has 2 aromatic heterocycles. The van der Waals surface area contributed by atoms with Crippen LogP contribution in [0.5, 0.6) is 17.2 Å². The number of likely N-dealkylation sites (tertiary alicyclic amines) is 1. The monoisotopic (exact) mass is 435 g/mol. The van der Waals surface area contributed by atoms with Crippen LogP contribution in [0.2, 0.25) is 0 Å². The summed E-state index contributed by atoms with van der Waals surface area (Å²) in [6.07, 6.45) is 7.71. The Kier molecular flexibility index (Phi) is 5.99. The second kappa shape index (κ2) is 9.20. The van der Waals surface area contributed by atoms with Crippen LogP contribution in [0.25, 0.3) is 11.5 Å². The zero-order valence-electron chi connectivity index (χ0n) is 18.7. The van der Waals surface area contributed by atoms with Crippen LogP contribution in [-0.4, -0.2) is 41.4 Å². The number of piperidine rings is 1. The van der Waals surface area contributed by atoms with Crippen molar-refractivity contribution in [3.05, 3.63) is 53.7 Å². The number of ether oxygens (including phenoxy) is 3. The van der Waals surface area contributed by atoms with Gasteiger partial charge in [0.2, 0.25) is 18.4 Å². The SMILES string of the molecule is COc1cc(-c2nc(CN3CCCCC3CCc3ccccn3)c(C)o2)cc2c1OCO2. The van der Waals surface area contributed by atoms with Gasteiger partial charge in [-0.1, -0.05) is 12.5 Å². The van der Waals surface area contributed by atoms with E-state index in [1.54, 1.807) is 7.11 Å². The summed E-state index contributed by atoms with van der Waals surface area (Å²) in [6.45, 7) is 4.07. The molecule has 1 saturated heterocycles. The highest BCUT2D eigenvalue weighted by Crippen LogP contribution is 2.44. The average Bonchev–Trinajstić information content (AvgIpc) is 3.45. The van der Waals surface area contributed by atoms with Crippen LogP contribution >= 0.6 is 0 Å². The molecule has 1 unspecified atom stereocenters. The highest BCUT2D eigenvalue weighted by molar-refractivity contribution is 5.66. The molecular weight excluding hydrogens is 406 g/mol. The van der Waals surface area contributed by atoms with Gasteiger partial charge in [0, 0.05) is 30.0 Å². The summed E-state index contributed by atoms with van der Waals surface area (Å²) in [6, 6.07) is 10.5. The molecule has 2 aliphatic rings. The Balaban J connectivity index is 1.32. The third-order valence-electron chi connectivity index (χ3n) is 6.36. The van der Waals surface area contributed by atoms with Crippen molar-refractivity contribution >= 4 is 0 Å². The Morgan fingerprint density at radius 3 is 2.97 bits per heavy atom. The van der Waals surface area contributed by atoms with E-state index in [9.17, 15) is 0 Å². The van der Waals surface area contributed by atoms with Gasteiger partial charge in [0.1, 0.15) is 5.76 Å². The molecule has 0 bridgehead atoms. The summed E-state index contributed by atoms with van der Waals surface area (Å²) in [5, 5.41) is 0. The molecule has 7 nitrogen and oxygen atoms in total. The van der Waals surface area contributed by atoms with Crippen molar-refractivity contribution in [2.45, 2.75) is 51.6 Å². The number of fused-ring (bicyclic) bond motifs is 1. The molecule has 5 rings (SSSR count). The third-order valence-corrected chi connectivity index (χ3v) is 6.36. The maximum absolute atomic E-state index is 6.07. The Hall–Kier alpha value is -3.06. The largest absolute Gasteiger partial charge is 0.493 e. The first-order chi connectivity index (χ1) is 15.7. The van der Waals surface area contributed by atoms with Crippen molar-refractivity contribution < 1.29 is 18.6 Å². The number of oxazole rings is 1. The van der Waals surface area contributed by atoms with Crippen LogP contribution in [0, 0.1) is 6.92 Å². The van der Waals surface area contributed by atoms with Gasteiger partial charge in [-0.05, 0) is 63.4 Å². The fourth-order valence-electron chi connectivity index (χ4n) is 4.60. The fourth-order valence-corrected chi connectivity index (χ4v) is 4.60. The number of pyridine rings is 1. The summed E-state index contributed by atoms with van der Waals surface area (Å²) in [5.41, 5.74) is 2.97. The second-order valence-electron chi connectivity index (χ2n) is 8.41. The topological polar surface area (TPSA) is 69.9 Å². The highest BCUT2D eigenvalue weighted by Gasteiger charge is 2.26. The Morgan fingerprint density at radius 1 is 1.19 bits per heavy atom. The zero-order valence-corrected chi connectivity index (χ0v) is 18.7. The van der Waals surface area contributed by atoms with E-state index in [0.29, 0.717) is 29.2 Å². The number of aryl methyl sites for hydroxylation is 2. The molecule has 4 heterocycles. The zero-order chi connectivity index (χ0) is 21.9. The van der Waals surface area contributed by atoms with Crippen molar-refractivity contribution in [1.82, 2.24) is 14.9 Å². The first-order valence-electron chi connectivity index (χ1n) is 11.3. The summed E-state index contributed by atoms with van der Waals surface area (Å²) in [4.78, 5) is 11.9. The van der Waals surface area contributed by atoms with Gasteiger partial charge in [0.25, 0.3) is 0 Å². The van der Waals surface area contributed by atoms with E-state index < -0.39 is 0 Å². The van der Waals surface area contributed by atoms with Gasteiger partial charge in [-0.3, -0.25) is 9.88 Å². The van der Waals surface area contributed by atoms with Gasteiger partial charge in [0.05, 0.1) is 12.8 Å². The minimum Gasteiger partial charge on any atom is -0.493 e. The molecule has 1 atom stereocenters. The van der Waals surface area contributed by atoms with Gasteiger partial charge >= 0.3 is 0 Å². The number of hydrogen-bond donors (Lipinski definition) is 0. The average molecular weight is 436 g/mol. The van der Waals surface area contributed by atoms with E-state index >= 15 is 0 Å². The molecule has 0 N–H and O–H groups in total. The maximum atomic E-state index is 6.07. The molecule has 0 amide bonds. The van der Waals surface area contributed by atoms with Gasteiger partial charge in [-0.15, -0.1) is 0 Å². The number of methoxy groups -OCH3 is 1. The summed E-state index contributed by atoms with van der Waals surface area (Å²) in [5.74, 6) is 3.34. The molecular formula is C25H29N3O4. The first-order valence-corrected chi connectivity index (χ1v) is 11.3. The van der Waals surface area contributed by atoms with E-state index in [-0.39, 0.29) is 6.79 Å². The molecule has 0 radical (unpaired) electrons. The predicted octanol–water partition coefficient (Wildman–Crippen LogP) is 4.77. The van der Waals surface area contributed by atoms with Gasteiger partial charge in [-0.25, -0.2) is 4.98 Å². The van der Waals surface area contributed by atoms with E-state index in [2.05, 4.69) is 22.0 Å². The lowest BCUT2D eigenvalue weighted by Crippen LogP contribution is -2.39. The third kappa shape index (κ3) is 4.30. The van der Waals surface area contributed by atoms with Crippen LogP contribution in [0.3, 0.4) is 0 Å². The van der Waals surface area contributed by atoms with E-state index in [0.717, 1.165) is 48.6 Å². The Bertz CT molecular complexity index is 1070. The van der Waals surface area contributed by atoms with Crippen LogP contribution in [0.1, 0.15) is 42.8 Å². The van der Waals surface area contributed by atoms with Gasteiger partial charge in [0.15, 0.2) is 11.5 Å². The quantitative estimate of drug-likeness (QED) is 0.529. The van der Waals surface area contributed by atoms with Gasteiger partial charge in [-0.2, -0.15) is 0 Å². The number of nitrogens with zero attached hydrogens (tertiary/aromatic N) is 3. The summed E-state index contributed by atoms with van der Waals surface area (Å²) in [7, 11) is 1.62. The number of hydrogen-bond acceptors (Lipinski definition) is 7. The number of aromatic nitrogens is 2. The lowest BCUT2D eigenvalue weighted by atomic mass is 9.96. The molecule has 0 aliphatic carbocycles. The lowest BCUT2D eigenvalue weighted by molar-refractivity contribution is 0.130. The van der Waals surface area contributed by atoms with Crippen molar-refractivity contribution in [3.63, 3.8) is 0 Å². The van der Waals surface area contributed by atoms with E-state index in [4.69, 9.17) is 23.6 Å². The van der Waals surface area contributed by atoms with Crippen molar-refractivity contribution in [2.75, 3.05) is 20.4 Å². The molecule has 1 aromatic carbocycles.